The van der Waals surface area contributed by atoms with Crippen LogP contribution in [0.2, 0.25) is 0 Å². The monoisotopic (exact) mass is 260 g/mol. The second-order valence-electron chi connectivity index (χ2n) is 2.60. The normalized spacial score (nSPS) is 12.5. The number of ether oxygens (including phenoxy) is 1. The van der Waals surface area contributed by atoms with E-state index in [-0.39, 0.29) is 6.61 Å². The molecule has 0 saturated carbocycles. The summed E-state index contributed by atoms with van der Waals surface area (Å²) in [6.07, 6.45) is 3.67. The van der Waals surface area contributed by atoms with Crippen LogP contribution in [0, 0.1) is 0 Å². The van der Waals surface area contributed by atoms with Crippen molar-refractivity contribution in [1.82, 2.24) is 0 Å². The van der Waals surface area contributed by atoms with Crippen molar-refractivity contribution in [2.24, 2.45) is 0 Å². The summed E-state index contributed by atoms with van der Waals surface area (Å²) in [6.45, 7) is 6.97. The first-order valence-electron chi connectivity index (χ1n) is 4.02. The first kappa shape index (κ1) is 13.0. The first-order valence-corrected chi connectivity index (χ1v) is 4.81. The molecular formula is C10H13BrO3. The van der Waals surface area contributed by atoms with Gasteiger partial charge in [-0.05, 0) is 35.4 Å². The van der Waals surface area contributed by atoms with E-state index in [4.69, 9.17) is 9.84 Å². The molecule has 4 heteroatoms. The van der Waals surface area contributed by atoms with Crippen molar-refractivity contribution >= 4 is 21.9 Å². The molecule has 0 unspecified atom stereocenters. The molecule has 0 spiro atoms. The van der Waals surface area contributed by atoms with Gasteiger partial charge in [0.2, 0.25) is 0 Å². The van der Waals surface area contributed by atoms with Crippen molar-refractivity contribution in [2.75, 3.05) is 6.61 Å². The molecule has 0 bridgehead atoms. The highest BCUT2D eigenvalue weighted by Gasteiger charge is 2.06. The van der Waals surface area contributed by atoms with Gasteiger partial charge in [0.05, 0.1) is 4.48 Å². The molecular weight excluding hydrogens is 248 g/mol. The molecule has 0 aliphatic rings. The van der Waals surface area contributed by atoms with Gasteiger partial charge in [0.25, 0.3) is 0 Å². The van der Waals surface area contributed by atoms with Gasteiger partial charge < -0.3 is 9.84 Å². The fraction of sp³-hybridized carbons (Fsp3) is 0.300. The second kappa shape index (κ2) is 6.43. The molecule has 78 valence electrons. The van der Waals surface area contributed by atoms with E-state index in [1.807, 2.05) is 26.0 Å². The van der Waals surface area contributed by atoms with E-state index in [1.54, 1.807) is 0 Å². The summed E-state index contributed by atoms with van der Waals surface area (Å²) in [5.41, 5.74) is 0.829. The maximum atomic E-state index is 10.3. The van der Waals surface area contributed by atoms with Gasteiger partial charge in [-0.15, -0.1) is 0 Å². The number of aliphatic carboxylic acids is 1. The van der Waals surface area contributed by atoms with Crippen LogP contribution in [0.15, 0.2) is 34.5 Å². The third kappa shape index (κ3) is 4.87. The minimum absolute atomic E-state index is 0.366. The third-order valence-corrected chi connectivity index (χ3v) is 1.72. The van der Waals surface area contributed by atoms with Crippen LogP contribution < -0.4 is 0 Å². The van der Waals surface area contributed by atoms with E-state index in [0.717, 1.165) is 5.57 Å². The van der Waals surface area contributed by atoms with Gasteiger partial charge in [-0.3, -0.25) is 0 Å². The zero-order valence-electron chi connectivity index (χ0n) is 8.21. The molecule has 0 amide bonds. The van der Waals surface area contributed by atoms with Gasteiger partial charge in [0.15, 0.2) is 6.61 Å². The number of allylic oxidation sites excluding steroid dienone is 4. The Morgan fingerprint density at radius 2 is 2.21 bits per heavy atom. The molecule has 0 aromatic carbocycles. The molecule has 3 nitrogen and oxygen atoms in total. The minimum atomic E-state index is -1.01. The average Bonchev–Trinajstić information content (AvgIpc) is 2.03. The van der Waals surface area contributed by atoms with E-state index < -0.39 is 5.97 Å². The maximum Gasteiger partial charge on any atom is 0.341 e. The summed E-state index contributed by atoms with van der Waals surface area (Å²) >= 11 is 3.16. The van der Waals surface area contributed by atoms with Crippen LogP contribution in [0.1, 0.15) is 13.8 Å². The Bertz CT molecular complexity index is 290. The highest BCUT2D eigenvalue weighted by atomic mass is 79.9. The van der Waals surface area contributed by atoms with E-state index in [2.05, 4.69) is 22.5 Å². The molecule has 0 aromatic rings. The van der Waals surface area contributed by atoms with Crippen LogP contribution in [0.25, 0.3) is 0 Å². The molecule has 0 saturated heterocycles. The molecule has 0 radical (unpaired) electrons. The van der Waals surface area contributed by atoms with Crippen LogP contribution >= 0.6 is 15.9 Å². The Kier molecular flexibility index (Phi) is 5.95. The highest BCUT2D eigenvalue weighted by Crippen LogP contribution is 2.20. The molecule has 14 heavy (non-hydrogen) atoms. The van der Waals surface area contributed by atoms with Crippen molar-refractivity contribution in [2.45, 2.75) is 13.8 Å². The summed E-state index contributed by atoms with van der Waals surface area (Å²) in [5.74, 6) is -0.546. The summed E-state index contributed by atoms with van der Waals surface area (Å²) < 4.78 is 5.60. The average molecular weight is 261 g/mol. The van der Waals surface area contributed by atoms with Gasteiger partial charge >= 0.3 is 5.97 Å². The van der Waals surface area contributed by atoms with Crippen molar-refractivity contribution in [3.05, 3.63) is 34.5 Å². The lowest BCUT2D eigenvalue weighted by Gasteiger charge is -2.09. The zero-order chi connectivity index (χ0) is 11.1. The fourth-order valence-corrected chi connectivity index (χ4v) is 1.29. The Morgan fingerprint density at radius 3 is 2.57 bits per heavy atom. The number of rotatable bonds is 5. The predicted molar refractivity (Wildman–Crippen MR) is 59.2 cm³/mol. The number of halogens is 1. The lowest BCUT2D eigenvalue weighted by Crippen LogP contribution is -2.07. The Morgan fingerprint density at radius 1 is 1.64 bits per heavy atom. The van der Waals surface area contributed by atoms with Crippen LogP contribution in [0.5, 0.6) is 0 Å². The van der Waals surface area contributed by atoms with Gasteiger partial charge in [-0.25, -0.2) is 4.79 Å². The van der Waals surface area contributed by atoms with E-state index in [9.17, 15) is 4.79 Å². The predicted octanol–water partition coefficient (Wildman–Crippen LogP) is 2.85. The molecule has 0 aromatic heterocycles. The molecule has 0 heterocycles. The second-order valence-corrected chi connectivity index (χ2v) is 3.56. The van der Waals surface area contributed by atoms with Crippen LogP contribution in [-0.4, -0.2) is 17.7 Å². The van der Waals surface area contributed by atoms with E-state index in [1.165, 1.54) is 0 Å². The van der Waals surface area contributed by atoms with Gasteiger partial charge in [-0.2, -0.15) is 0 Å². The van der Waals surface area contributed by atoms with Crippen LogP contribution in [-0.2, 0) is 9.53 Å². The number of carboxylic acid groups (broad SMARTS) is 1. The Balaban J connectivity index is 4.67. The number of carbonyl (C=O) groups is 1. The smallest absolute Gasteiger partial charge is 0.341 e. The summed E-state index contributed by atoms with van der Waals surface area (Å²) in [5, 5.41) is 8.45. The summed E-state index contributed by atoms with van der Waals surface area (Å²) in [7, 11) is 0. The molecule has 0 aliphatic heterocycles. The number of hydrogen-bond acceptors (Lipinski definition) is 2. The fourth-order valence-electron chi connectivity index (χ4n) is 0.866. The van der Waals surface area contributed by atoms with Crippen LogP contribution in [0.4, 0.5) is 0 Å². The summed E-state index contributed by atoms with van der Waals surface area (Å²) in [6, 6.07) is 0. The van der Waals surface area contributed by atoms with Crippen molar-refractivity contribution in [3.63, 3.8) is 0 Å². The maximum absolute atomic E-state index is 10.3. The SMILES string of the molecule is C=C(Br)/C(OCC(=O)O)=C(C)\C=C/C. The summed E-state index contributed by atoms with van der Waals surface area (Å²) in [4.78, 5) is 10.3. The van der Waals surface area contributed by atoms with Crippen molar-refractivity contribution < 1.29 is 14.6 Å². The molecule has 0 aliphatic carbocycles. The number of carboxylic acids is 1. The quantitative estimate of drug-likeness (QED) is 0.611. The topological polar surface area (TPSA) is 46.5 Å². The molecule has 0 rings (SSSR count). The molecule has 0 atom stereocenters. The largest absolute Gasteiger partial charge is 0.480 e. The van der Waals surface area contributed by atoms with E-state index >= 15 is 0 Å². The Labute approximate surface area is 91.9 Å². The standard InChI is InChI=1S/C10H13BrO3/c1-4-5-7(2)10(8(3)11)14-6-9(12)13/h4-5H,3,6H2,1-2H3,(H,12,13)/b5-4-,10-7+. The first-order chi connectivity index (χ1) is 6.49. The number of hydrogen-bond donors (Lipinski definition) is 1. The van der Waals surface area contributed by atoms with Gasteiger partial charge in [0.1, 0.15) is 5.76 Å². The van der Waals surface area contributed by atoms with Gasteiger partial charge in [-0.1, -0.05) is 18.7 Å². The third-order valence-electron chi connectivity index (χ3n) is 1.36. The van der Waals surface area contributed by atoms with E-state index in [0.29, 0.717) is 10.2 Å². The zero-order valence-corrected chi connectivity index (χ0v) is 9.80. The van der Waals surface area contributed by atoms with Crippen LogP contribution in [0.3, 0.4) is 0 Å². The van der Waals surface area contributed by atoms with Gasteiger partial charge in [0, 0.05) is 0 Å². The Hall–Kier alpha value is -1.03. The minimum Gasteiger partial charge on any atom is -0.480 e. The van der Waals surface area contributed by atoms with Crippen molar-refractivity contribution in [1.29, 1.82) is 0 Å². The molecule has 1 N–H and O–H groups in total. The highest BCUT2D eigenvalue weighted by molar-refractivity contribution is 9.11. The lowest BCUT2D eigenvalue weighted by atomic mass is 10.2. The molecule has 0 fully saturated rings. The van der Waals surface area contributed by atoms with Crippen molar-refractivity contribution in [3.8, 4) is 0 Å². The lowest BCUT2D eigenvalue weighted by molar-refractivity contribution is -0.140.